The molecule has 0 radical (unpaired) electrons. The van der Waals surface area contributed by atoms with E-state index in [2.05, 4.69) is 30.4 Å². The second-order valence-electron chi connectivity index (χ2n) is 6.28. The number of methoxy groups -OCH3 is 1. The van der Waals surface area contributed by atoms with E-state index in [0.717, 1.165) is 5.56 Å². The van der Waals surface area contributed by atoms with Gasteiger partial charge < -0.3 is 29.6 Å². The molecular weight excluding hydrogens is 541 g/mol. The standard InChI is InChI=1S/C20H22F2N4O5.HI/c1-23-19(24-9-12-3-5-14(6-4-12)26-20(27)28-2)25-10-13-7-16-17(30-11-29-16)8-15(13)31-18(21)22;/h3-8,18H,9-11H2,1-2H3,(H,26,27)(H2,23,24,25);1H. The molecule has 9 nitrogen and oxygen atoms in total. The second-order valence-corrected chi connectivity index (χ2v) is 6.28. The predicted octanol–water partition coefficient (Wildman–Crippen LogP) is 3.68. The number of hydrogen-bond acceptors (Lipinski definition) is 6. The Morgan fingerprint density at radius 2 is 1.78 bits per heavy atom. The number of carbonyl (C=O) groups is 1. The molecular formula is C20H23F2IN4O5. The van der Waals surface area contributed by atoms with Crippen molar-refractivity contribution in [1.29, 1.82) is 0 Å². The Balaban J connectivity index is 0.00000363. The van der Waals surface area contributed by atoms with Crippen LogP contribution in [0.4, 0.5) is 19.3 Å². The highest BCUT2D eigenvalue weighted by atomic mass is 127. The summed E-state index contributed by atoms with van der Waals surface area (Å²) < 4.78 is 45.2. The lowest BCUT2D eigenvalue weighted by Gasteiger charge is -2.15. The van der Waals surface area contributed by atoms with Gasteiger partial charge in [-0.2, -0.15) is 8.78 Å². The van der Waals surface area contributed by atoms with Crippen LogP contribution in [0, 0.1) is 0 Å². The summed E-state index contributed by atoms with van der Waals surface area (Å²) in [5.74, 6) is 1.27. The minimum absolute atomic E-state index is 0. The minimum atomic E-state index is -2.96. The van der Waals surface area contributed by atoms with Crippen LogP contribution in [0.2, 0.25) is 0 Å². The minimum Gasteiger partial charge on any atom is -0.454 e. The van der Waals surface area contributed by atoms with Crippen LogP contribution >= 0.6 is 24.0 Å². The van der Waals surface area contributed by atoms with Crippen molar-refractivity contribution in [3.8, 4) is 17.2 Å². The van der Waals surface area contributed by atoms with Crippen LogP contribution in [0.3, 0.4) is 0 Å². The highest BCUT2D eigenvalue weighted by Crippen LogP contribution is 2.38. The van der Waals surface area contributed by atoms with Crippen molar-refractivity contribution >= 4 is 41.7 Å². The Bertz CT molecular complexity index is 944. The number of rotatable bonds is 7. The number of nitrogens with one attached hydrogen (secondary N) is 3. The first-order valence-electron chi connectivity index (χ1n) is 9.24. The zero-order valence-electron chi connectivity index (χ0n) is 17.3. The number of halogens is 3. The average molecular weight is 564 g/mol. The molecule has 12 heteroatoms. The van der Waals surface area contributed by atoms with E-state index in [4.69, 9.17) is 9.47 Å². The number of alkyl halides is 2. The fourth-order valence-corrected chi connectivity index (χ4v) is 2.77. The molecule has 0 aromatic heterocycles. The lowest BCUT2D eigenvalue weighted by molar-refractivity contribution is -0.0505. The summed E-state index contributed by atoms with van der Waals surface area (Å²) in [4.78, 5) is 15.3. The topological polar surface area (TPSA) is 102 Å². The van der Waals surface area contributed by atoms with Gasteiger partial charge in [0.2, 0.25) is 6.79 Å². The lowest BCUT2D eigenvalue weighted by Crippen LogP contribution is -2.36. The zero-order chi connectivity index (χ0) is 22.2. The maximum Gasteiger partial charge on any atom is 0.411 e. The van der Waals surface area contributed by atoms with Gasteiger partial charge in [-0.25, -0.2) is 4.79 Å². The Labute approximate surface area is 200 Å². The summed E-state index contributed by atoms with van der Waals surface area (Å²) >= 11 is 0. The maximum absolute atomic E-state index is 12.8. The SMILES string of the molecule is CN=C(NCc1ccc(NC(=O)OC)cc1)NCc1cc2c(cc1OC(F)F)OCO2.I. The van der Waals surface area contributed by atoms with E-state index < -0.39 is 12.7 Å². The van der Waals surface area contributed by atoms with Gasteiger partial charge in [-0.1, -0.05) is 12.1 Å². The number of carbonyl (C=O) groups excluding carboxylic acids is 1. The molecule has 1 aliphatic rings. The van der Waals surface area contributed by atoms with Gasteiger partial charge in [0.1, 0.15) is 5.75 Å². The highest BCUT2D eigenvalue weighted by molar-refractivity contribution is 14.0. The summed E-state index contributed by atoms with van der Waals surface area (Å²) in [6, 6.07) is 10.1. The number of amides is 1. The molecule has 0 atom stereocenters. The van der Waals surface area contributed by atoms with E-state index >= 15 is 0 Å². The quantitative estimate of drug-likeness (QED) is 0.268. The first-order chi connectivity index (χ1) is 15.0. The van der Waals surface area contributed by atoms with E-state index in [1.807, 2.05) is 12.1 Å². The molecule has 174 valence electrons. The second kappa shape index (κ2) is 12.1. The van der Waals surface area contributed by atoms with E-state index in [1.165, 1.54) is 13.2 Å². The zero-order valence-corrected chi connectivity index (χ0v) is 19.6. The predicted molar refractivity (Wildman–Crippen MR) is 124 cm³/mol. The molecule has 0 fully saturated rings. The highest BCUT2D eigenvalue weighted by Gasteiger charge is 2.20. The van der Waals surface area contributed by atoms with Crippen LogP contribution in [0.25, 0.3) is 0 Å². The molecule has 1 aliphatic heterocycles. The third-order valence-electron chi connectivity index (χ3n) is 4.29. The molecule has 2 aromatic rings. The van der Waals surface area contributed by atoms with Crippen LogP contribution in [-0.2, 0) is 17.8 Å². The van der Waals surface area contributed by atoms with Crippen molar-refractivity contribution in [1.82, 2.24) is 10.6 Å². The summed E-state index contributed by atoms with van der Waals surface area (Å²) in [6.45, 7) is -2.33. The largest absolute Gasteiger partial charge is 0.454 e. The van der Waals surface area contributed by atoms with Gasteiger partial charge in [0, 0.05) is 37.5 Å². The normalized spacial score (nSPS) is 12.1. The number of hydrogen-bond donors (Lipinski definition) is 3. The fraction of sp³-hybridized carbons (Fsp3) is 0.300. The Morgan fingerprint density at radius 3 is 2.41 bits per heavy atom. The molecule has 3 rings (SSSR count). The van der Waals surface area contributed by atoms with Gasteiger partial charge in [-0.3, -0.25) is 10.3 Å². The molecule has 1 heterocycles. The van der Waals surface area contributed by atoms with Crippen LogP contribution in [0.5, 0.6) is 17.2 Å². The van der Waals surface area contributed by atoms with Crippen molar-refractivity contribution in [2.24, 2.45) is 4.99 Å². The van der Waals surface area contributed by atoms with Gasteiger partial charge in [-0.05, 0) is 23.8 Å². The molecule has 0 saturated heterocycles. The molecule has 0 bridgehead atoms. The van der Waals surface area contributed by atoms with Gasteiger partial charge in [0.15, 0.2) is 17.5 Å². The van der Waals surface area contributed by atoms with Crippen LogP contribution in [0.1, 0.15) is 11.1 Å². The van der Waals surface area contributed by atoms with Crippen molar-refractivity contribution in [3.63, 3.8) is 0 Å². The number of nitrogens with zero attached hydrogens (tertiary/aromatic N) is 1. The number of fused-ring (bicyclic) bond motifs is 1. The molecule has 0 unspecified atom stereocenters. The van der Waals surface area contributed by atoms with E-state index in [0.29, 0.717) is 35.3 Å². The molecule has 0 spiro atoms. The number of guanidine groups is 1. The summed E-state index contributed by atoms with van der Waals surface area (Å²) in [5, 5.41) is 8.74. The lowest BCUT2D eigenvalue weighted by atomic mass is 10.1. The van der Waals surface area contributed by atoms with Crippen molar-refractivity contribution in [2.75, 3.05) is 26.3 Å². The maximum atomic E-state index is 12.8. The first kappa shape index (κ1) is 25.2. The third kappa shape index (κ3) is 7.00. The smallest absolute Gasteiger partial charge is 0.411 e. The number of aliphatic imine (C=N–C) groups is 1. The number of anilines is 1. The van der Waals surface area contributed by atoms with Crippen LogP contribution < -0.4 is 30.2 Å². The van der Waals surface area contributed by atoms with Gasteiger partial charge >= 0.3 is 12.7 Å². The molecule has 32 heavy (non-hydrogen) atoms. The van der Waals surface area contributed by atoms with E-state index in [-0.39, 0.29) is 43.1 Å². The van der Waals surface area contributed by atoms with E-state index in [9.17, 15) is 13.6 Å². The van der Waals surface area contributed by atoms with Gasteiger partial charge in [0.25, 0.3) is 0 Å². The Kier molecular flexibility index (Phi) is 9.56. The van der Waals surface area contributed by atoms with Crippen LogP contribution in [0.15, 0.2) is 41.4 Å². The van der Waals surface area contributed by atoms with Crippen molar-refractivity contribution in [3.05, 3.63) is 47.5 Å². The monoisotopic (exact) mass is 564 g/mol. The molecule has 3 N–H and O–H groups in total. The van der Waals surface area contributed by atoms with Crippen molar-refractivity contribution < 1.29 is 32.5 Å². The van der Waals surface area contributed by atoms with Gasteiger partial charge in [-0.15, -0.1) is 24.0 Å². The molecule has 0 saturated carbocycles. The Morgan fingerprint density at radius 1 is 1.12 bits per heavy atom. The Hall–Kier alpha value is -3.03. The average Bonchev–Trinajstić information content (AvgIpc) is 3.21. The summed E-state index contributed by atoms with van der Waals surface area (Å²) in [5.41, 5.74) is 2.00. The fourth-order valence-electron chi connectivity index (χ4n) is 2.77. The van der Waals surface area contributed by atoms with Crippen LogP contribution in [-0.4, -0.2) is 39.6 Å². The number of benzene rings is 2. The molecule has 2 aromatic carbocycles. The third-order valence-corrected chi connectivity index (χ3v) is 4.29. The van der Waals surface area contributed by atoms with Gasteiger partial charge in [0.05, 0.1) is 7.11 Å². The number of ether oxygens (including phenoxy) is 4. The summed E-state index contributed by atoms with van der Waals surface area (Å²) in [6.07, 6.45) is -0.547. The molecule has 0 aliphatic carbocycles. The first-order valence-corrected chi connectivity index (χ1v) is 9.24. The summed E-state index contributed by atoms with van der Waals surface area (Å²) in [7, 11) is 2.88. The van der Waals surface area contributed by atoms with E-state index in [1.54, 1.807) is 25.2 Å². The molecule has 1 amide bonds. The van der Waals surface area contributed by atoms with Crippen molar-refractivity contribution in [2.45, 2.75) is 19.7 Å².